The quantitative estimate of drug-likeness (QED) is 0.731. The molecular weight excluding hydrogens is 321 g/mol. The van der Waals surface area contributed by atoms with Crippen molar-refractivity contribution in [3.8, 4) is 0 Å². The van der Waals surface area contributed by atoms with Gasteiger partial charge in [-0.1, -0.05) is 15.9 Å². The van der Waals surface area contributed by atoms with Crippen LogP contribution in [0.1, 0.15) is 10.4 Å². The SMILES string of the molecule is O=C(Nc1ccc(Br)cc1C(=O)O)NC(F)(F)F. The van der Waals surface area contributed by atoms with Crippen LogP contribution in [0, 0.1) is 0 Å². The van der Waals surface area contributed by atoms with Crippen LogP contribution in [-0.2, 0) is 0 Å². The first-order valence-corrected chi connectivity index (χ1v) is 5.17. The number of anilines is 1. The second-order valence-corrected chi connectivity index (χ2v) is 3.99. The summed E-state index contributed by atoms with van der Waals surface area (Å²) in [5.74, 6) is -1.38. The number of halogens is 4. The normalized spacial score (nSPS) is 10.9. The van der Waals surface area contributed by atoms with Crippen molar-refractivity contribution in [2.45, 2.75) is 6.30 Å². The zero-order valence-electron chi connectivity index (χ0n) is 8.51. The van der Waals surface area contributed by atoms with E-state index in [0.717, 1.165) is 6.07 Å². The second-order valence-electron chi connectivity index (χ2n) is 3.07. The summed E-state index contributed by atoms with van der Waals surface area (Å²) in [5, 5.41) is 11.3. The third-order valence-corrected chi connectivity index (χ3v) is 2.21. The average Bonchev–Trinajstić information content (AvgIpc) is 2.17. The number of aromatic carboxylic acids is 1. The van der Waals surface area contributed by atoms with Gasteiger partial charge in [0.05, 0.1) is 11.3 Å². The van der Waals surface area contributed by atoms with Gasteiger partial charge >= 0.3 is 18.3 Å². The van der Waals surface area contributed by atoms with E-state index >= 15 is 0 Å². The largest absolute Gasteiger partial charge is 0.485 e. The number of amides is 2. The summed E-state index contributed by atoms with van der Waals surface area (Å²) in [6, 6.07) is 2.15. The van der Waals surface area contributed by atoms with Gasteiger partial charge in [0.15, 0.2) is 0 Å². The predicted octanol–water partition coefficient (Wildman–Crippen LogP) is 2.79. The van der Waals surface area contributed by atoms with Crippen LogP contribution in [0.5, 0.6) is 0 Å². The number of hydrogen-bond donors (Lipinski definition) is 3. The molecule has 9 heteroatoms. The lowest BCUT2D eigenvalue weighted by atomic mass is 10.2. The molecule has 0 bridgehead atoms. The van der Waals surface area contributed by atoms with Gasteiger partial charge in [0.2, 0.25) is 0 Å². The maximum absolute atomic E-state index is 11.8. The van der Waals surface area contributed by atoms with Crippen LogP contribution in [0.3, 0.4) is 0 Å². The van der Waals surface area contributed by atoms with Crippen molar-refractivity contribution in [2.75, 3.05) is 5.32 Å². The number of benzene rings is 1. The molecule has 0 saturated carbocycles. The summed E-state index contributed by atoms with van der Waals surface area (Å²) in [6.45, 7) is 0. The molecule has 0 aromatic heterocycles. The summed E-state index contributed by atoms with van der Waals surface area (Å²) in [6.07, 6.45) is -4.89. The molecule has 0 spiro atoms. The molecule has 0 fully saturated rings. The molecule has 0 unspecified atom stereocenters. The first kappa shape index (κ1) is 14.3. The lowest BCUT2D eigenvalue weighted by molar-refractivity contribution is -0.144. The van der Waals surface area contributed by atoms with E-state index in [1.54, 1.807) is 5.32 Å². The van der Waals surface area contributed by atoms with Gasteiger partial charge < -0.3 is 10.4 Å². The molecule has 0 radical (unpaired) electrons. The fourth-order valence-electron chi connectivity index (χ4n) is 1.08. The first-order valence-electron chi connectivity index (χ1n) is 4.38. The maximum Gasteiger partial charge on any atom is 0.485 e. The number of carboxylic acid groups (broad SMARTS) is 1. The highest BCUT2D eigenvalue weighted by molar-refractivity contribution is 9.10. The van der Waals surface area contributed by atoms with Gasteiger partial charge in [-0.25, -0.2) is 14.9 Å². The third-order valence-electron chi connectivity index (χ3n) is 1.72. The third kappa shape index (κ3) is 4.24. The summed E-state index contributed by atoms with van der Waals surface area (Å²) < 4.78 is 35.9. The van der Waals surface area contributed by atoms with Crippen LogP contribution in [0.25, 0.3) is 0 Å². The van der Waals surface area contributed by atoms with Crippen molar-refractivity contribution in [1.29, 1.82) is 0 Å². The summed E-state index contributed by atoms with van der Waals surface area (Å²) in [5.41, 5.74) is -0.575. The van der Waals surface area contributed by atoms with Gasteiger partial charge in [0, 0.05) is 4.47 Å². The second kappa shape index (κ2) is 5.25. The van der Waals surface area contributed by atoms with Gasteiger partial charge in [0.1, 0.15) is 0 Å². The van der Waals surface area contributed by atoms with Crippen molar-refractivity contribution < 1.29 is 27.9 Å². The molecule has 18 heavy (non-hydrogen) atoms. The topological polar surface area (TPSA) is 78.4 Å². The van der Waals surface area contributed by atoms with Gasteiger partial charge in [0.25, 0.3) is 0 Å². The van der Waals surface area contributed by atoms with Crippen molar-refractivity contribution in [1.82, 2.24) is 5.32 Å². The first-order chi connectivity index (χ1) is 8.19. The summed E-state index contributed by atoms with van der Waals surface area (Å²) in [7, 11) is 0. The standard InChI is InChI=1S/C9H6BrF3N2O3/c10-4-1-2-6(5(3-4)7(16)17)14-8(18)15-9(11,12)13/h1-3H,(H,16,17)(H2,14,15,18). The lowest BCUT2D eigenvalue weighted by Gasteiger charge is -2.11. The van der Waals surface area contributed by atoms with Crippen LogP contribution < -0.4 is 10.6 Å². The van der Waals surface area contributed by atoms with Gasteiger partial charge in [-0.2, -0.15) is 13.2 Å². The number of hydrogen-bond acceptors (Lipinski definition) is 2. The fraction of sp³-hybridized carbons (Fsp3) is 0.111. The Kier molecular flexibility index (Phi) is 4.17. The Balaban J connectivity index is 2.91. The molecule has 0 aliphatic carbocycles. The van der Waals surface area contributed by atoms with Gasteiger partial charge in [-0.15, -0.1) is 0 Å². The number of carbonyl (C=O) groups is 2. The Morgan fingerprint density at radius 1 is 1.28 bits per heavy atom. The Labute approximate surface area is 107 Å². The van der Waals surface area contributed by atoms with Crippen molar-refractivity contribution in [3.63, 3.8) is 0 Å². The molecule has 0 saturated heterocycles. The number of carbonyl (C=O) groups excluding carboxylic acids is 1. The minimum absolute atomic E-state index is 0.243. The van der Waals surface area contributed by atoms with E-state index < -0.39 is 18.3 Å². The molecule has 1 rings (SSSR count). The Morgan fingerprint density at radius 2 is 1.89 bits per heavy atom. The molecule has 0 aliphatic rings. The molecule has 0 atom stereocenters. The molecule has 0 heterocycles. The molecule has 3 N–H and O–H groups in total. The van der Waals surface area contributed by atoms with Gasteiger partial charge in [-0.05, 0) is 18.2 Å². The minimum atomic E-state index is -4.89. The van der Waals surface area contributed by atoms with E-state index in [4.69, 9.17) is 5.11 Å². The minimum Gasteiger partial charge on any atom is -0.478 e. The monoisotopic (exact) mass is 326 g/mol. The maximum atomic E-state index is 11.8. The van der Waals surface area contributed by atoms with E-state index in [1.165, 1.54) is 12.1 Å². The van der Waals surface area contributed by atoms with E-state index in [9.17, 15) is 22.8 Å². The molecule has 0 aliphatic heterocycles. The molecule has 1 aromatic rings. The summed E-state index contributed by atoms with van der Waals surface area (Å²) in [4.78, 5) is 21.8. The highest BCUT2D eigenvalue weighted by Crippen LogP contribution is 2.21. The predicted molar refractivity (Wildman–Crippen MR) is 59.3 cm³/mol. The van der Waals surface area contributed by atoms with Crippen LogP contribution in [0.15, 0.2) is 22.7 Å². The van der Waals surface area contributed by atoms with Crippen molar-refractivity contribution in [3.05, 3.63) is 28.2 Å². The van der Waals surface area contributed by atoms with E-state index in [-0.39, 0.29) is 11.3 Å². The van der Waals surface area contributed by atoms with Crippen LogP contribution >= 0.6 is 15.9 Å². The van der Waals surface area contributed by atoms with E-state index in [1.807, 2.05) is 0 Å². The van der Waals surface area contributed by atoms with Crippen LogP contribution in [0.4, 0.5) is 23.7 Å². The molecule has 1 aromatic carbocycles. The van der Waals surface area contributed by atoms with Crippen LogP contribution in [0.2, 0.25) is 0 Å². The highest BCUT2D eigenvalue weighted by atomic mass is 79.9. The number of alkyl halides is 3. The average molecular weight is 327 g/mol. The lowest BCUT2D eigenvalue weighted by Crippen LogP contribution is -2.40. The van der Waals surface area contributed by atoms with E-state index in [0.29, 0.717) is 9.79 Å². The number of nitrogens with one attached hydrogen (secondary N) is 2. The number of urea groups is 1. The Hall–Kier alpha value is -1.77. The Bertz CT molecular complexity index is 490. The molecule has 98 valence electrons. The highest BCUT2D eigenvalue weighted by Gasteiger charge is 2.30. The van der Waals surface area contributed by atoms with Gasteiger partial charge in [-0.3, -0.25) is 0 Å². The number of carboxylic acids is 1. The molecule has 2 amide bonds. The number of rotatable bonds is 2. The zero-order chi connectivity index (χ0) is 13.9. The summed E-state index contributed by atoms with van der Waals surface area (Å²) >= 11 is 3.01. The smallest absolute Gasteiger partial charge is 0.478 e. The van der Waals surface area contributed by atoms with Crippen LogP contribution in [-0.4, -0.2) is 23.4 Å². The molecular formula is C9H6BrF3N2O3. The Morgan fingerprint density at radius 3 is 2.39 bits per heavy atom. The van der Waals surface area contributed by atoms with Crippen molar-refractivity contribution in [2.24, 2.45) is 0 Å². The molecule has 5 nitrogen and oxygen atoms in total. The van der Waals surface area contributed by atoms with E-state index in [2.05, 4.69) is 15.9 Å². The van der Waals surface area contributed by atoms with Crippen molar-refractivity contribution >= 4 is 33.6 Å². The zero-order valence-corrected chi connectivity index (χ0v) is 10.1. The fourth-order valence-corrected chi connectivity index (χ4v) is 1.45.